The van der Waals surface area contributed by atoms with Crippen LogP contribution in [0.3, 0.4) is 0 Å². The minimum Gasteiger partial charge on any atom is -0.335 e. The van der Waals surface area contributed by atoms with E-state index in [1.165, 1.54) is 6.08 Å². The second kappa shape index (κ2) is 5.05. The Labute approximate surface area is 91.2 Å². The van der Waals surface area contributed by atoms with Crippen molar-refractivity contribution in [3.05, 3.63) is 30.6 Å². The summed E-state index contributed by atoms with van der Waals surface area (Å²) in [6.45, 7) is 0. The van der Waals surface area contributed by atoms with E-state index >= 15 is 0 Å². The van der Waals surface area contributed by atoms with E-state index in [2.05, 4.69) is 15.1 Å². The molecule has 2 aromatic heterocycles. The summed E-state index contributed by atoms with van der Waals surface area (Å²) in [5.41, 5.74) is 1.47. The van der Waals surface area contributed by atoms with Crippen LogP contribution in [-0.4, -0.2) is 16.2 Å². The van der Waals surface area contributed by atoms with Gasteiger partial charge in [0.05, 0.1) is 0 Å². The maximum atomic E-state index is 9.93. The lowest BCUT2D eigenvalue weighted by Crippen LogP contribution is -1.75. The molecule has 0 bridgehead atoms. The van der Waals surface area contributed by atoms with Gasteiger partial charge in [0.2, 0.25) is 6.08 Å². The Bertz CT molecular complexity index is 477. The van der Waals surface area contributed by atoms with Gasteiger partial charge in [-0.15, -0.1) is 17.4 Å². The molecule has 0 aliphatic carbocycles. The molecule has 0 unspecified atom stereocenters. The molecule has 2 heterocycles. The molecule has 0 amide bonds. The third kappa shape index (κ3) is 2.49. The van der Waals surface area contributed by atoms with Crippen molar-refractivity contribution >= 4 is 24.4 Å². The van der Waals surface area contributed by atoms with E-state index in [0.29, 0.717) is 5.69 Å². The summed E-state index contributed by atoms with van der Waals surface area (Å²) in [5, 5.41) is 3.73. The highest BCUT2D eigenvalue weighted by atomic mass is 35.5. The molecule has 2 rings (SSSR count). The summed E-state index contributed by atoms with van der Waals surface area (Å²) < 4.78 is 4.76. The summed E-state index contributed by atoms with van der Waals surface area (Å²) in [5.74, 6) is 0.145. The third-order valence-corrected chi connectivity index (χ3v) is 1.63. The van der Waals surface area contributed by atoms with Crippen molar-refractivity contribution in [1.29, 1.82) is 0 Å². The molecule has 0 fully saturated rings. The van der Waals surface area contributed by atoms with E-state index in [1.807, 2.05) is 0 Å². The average Bonchev–Trinajstić information content (AvgIpc) is 2.68. The van der Waals surface area contributed by atoms with Crippen LogP contribution in [0.25, 0.3) is 11.3 Å². The normalized spacial score (nSPS) is 8.80. The van der Waals surface area contributed by atoms with Crippen LogP contribution in [0.2, 0.25) is 0 Å². The number of hydrogen-bond acceptors (Lipinski definition) is 5. The van der Waals surface area contributed by atoms with Crippen molar-refractivity contribution in [3.8, 4) is 11.3 Å². The number of aromatic nitrogens is 2. The van der Waals surface area contributed by atoms with E-state index < -0.39 is 0 Å². The Kier molecular flexibility index (Phi) is 3.74. The van der Waals surface area contributed by atoms with Gasteiger partial charge in [0.1, 0.15) is 5.69 Å². The zero-order valence-electron chi connectivity index (χ0n) is 7.45. The van der Waals surface area contributed by atoms with Crippen LogP contribution in [0.1, 0.15) is 0 Å². The quantitative estimate of drug-likeness (QED) is 0.578. The molecule has 0 saturated heterocycles. The molecular weight excluding hydrogens is 218 g/mol. The number of nitrogens with zero attached hydrogens (tertiary/aromatic N) is 3. The Morgan fingerprint density at radius 3 is 2.73 bits per heavy atom. The predicted molar refractivity (Wildman–Crippen MR) is 54.8 cm³/mol. The molecule has 0 aliphatic heterocycles. The van der Waals surface area contributed by atoms with Crippen LogP contribution in [0.5, 0.6) is 0 Å². The molecule has 0 N–H and O–H groups in total. The Morgan fingerprint density at radius 2 is 2.07 bits per heavy atom. The Hall–Kier alpha value is -1.97. The molecule has 5 nitrogen and oxygen atoms in total. The van der Waals surface area contributed by atoms with E-state index in [-0.39, 0.29) is 18.3 Å². The molecule has 0 atom stereocenters. The van der Waals surface area contributed by atoms with E-state index in [9.17, 15) is 4.79 Å². The molecule has 0 radical (unpaired) electrons. The molecule has 6 heteroatoms. The SMILES string of the molecule is Cl.O=C=Nc1cc(-c2ccncc2)no1. The molecule has 0 aliphatic rings. The number of pyridine rings is 1. The molecule has 76 valence electrons. The standard InChI is InChI=1S/C9H5N3O2.ClH/c13-6-11-9-5-8(12-14-9)7-1-3-10-4-2-7;/h1-5H;1H. The van der Waals surface area contributed by atoms with E-state index in [0.717, 1.165) is 5.56 Å². The fourth-order valence-corrected chi connectivity index (χ4v) is 1.02. The van der Waals surface area contributed by atoms with Gasteiger partial charge in [-0.1, -0.05) is 5.16 Å². The molecule has 2 aromatic rings. The van der Waals surface area contributed by atoms with Crippen molar-refractivity contribution in [2.24, 2.45) is 4.99 Å². The first-order valence-electron chi connectivity index (χ1n) is 3.85. The minimum atomic E-state index is 0. The smallest absolute Gasteiger partial charge is 0.261 e. The number of aliphatic imine (C=N–C) groups is 1. The zero-order valence-corrected chi connectivity index (χ0v) is 8.27. The largest absolute Gasteiger partial charge is 0.335 e. The lowest BCUT2D eigenvalue weighted by atomic mass is 10.2. The van der Waals surface area contributed by atoms with Gasteiger partial charge in [0.25, 0.3) is 5.88 Å². The van der Waals surface area contributed by atoms with Crippen LogP contribution in [0, 0.1) is 0 Å². The summed E-state index contributed by atoms with van der Waals surface area (Å²) in [4.78, 5) is 17.1. The zero-order chi connectivity index (χ0) is 9.80. The van der Waals surface area contributed by atoms with Crippen molar-refractivity contribution in [2.75, 3.05) is 0 Å². The Balaban J connectivity index is 0.00000112. The van der Waals surface area contributed by atoms with Crippen molar-refractivity contribution < 1.29 is 9.32 Å². The lowest BCUT2D eigenvalue weighted by molar-refractivity contribution is 0.432. The van der Waals surface area contributed by atoms with Crippen LogP contribution >= 0.6 is 12.4 Å². The minimum absolute atomic E-state index is 0. The van der Waals surface area contributed by atoms with E-state index in [4.69, 9.17) is 4.52 Å². The van der Waals surface area contributed by atoms with Crippen molar-refractivity contribution in [3.63, 3.8) is 0 Å². The molecular formula is C9H6ClN3O2. The van der Waals surface area contributed by atoms with Crippen LogP contribution in [-0.2, 0) is 4.79 Å². The number of carbonyl (C=O) groups excluding carboxylic acids is 1. The van der Waals surface area contributed by atoms with Gasteiger partial charge in [0.15, 0.2) is 0 Å². The number of hydrogen-bond donors (Lipinski definition) is 0. The van der Waals surface area contributed by atoms with Gasteiger partial charge < -0.3 is 4.52 Å². The summed E-state index contributed by atoms with van der Waals surface area (Å²) in [6, 6.07) is 5.12. The first-order chi connectivity index (χ1) is 6.90. The second-order valence-corrected chi connectivity index (χ2v) is 2.49. The first kappa shape index (κ1) is 11.1. The predicted octanol–water partition coefficient (Wildman–Crippen LogP) is 2.13. The molecule has 15 heavy (non-hydrogen) atoms. The van der Waals surface area contributed by atoms with Gasteiger partial charge in [-0.2, -0.15) is 0 Å². The number of rotatable bonds is 2. The summed E-state index contributed by atoms with van der Waals surface area (Å²) >= 11 is 0. The lowest BCUT2D eigenvalue weighted by Gasteiger charge is -1.90. The van der Waals surface area contributed by atoms with Crippen molar-refractivity contribution in [1.82, 2.24) is 10.1 Å². The highest BCUT2D eigenvalue weighted by molar-refractivity contribution is 5.85. The summed E-state index contributed by atoms with van der Waals surface area (Å²) in [6.07, 6.45) is 4.67. The topological polar surface area (TPSA) is 68.3 Å². The second-order valence-electron chi connectivity index (χ2n) is 2.49. The highest BCUT2D eigenvalue weighted by Gasteiger charge is 2.04. The van der Waals surface area contributed by atoms with Gasteiger partial charge >= 0.3 is 0 Å². The van der Waals surface area contributed by atoms with Crippen molar-refractivity contribution in [2.45, 2.75) is 0 Å². The van der Waals surface area contributed by atoms with Crippen LogP contribution in [0.15, 0.2) is 40.1 Å². The fourth-order valence-electron chi connectivity index (χ4n) is 1.02. The summed E-state index contributed by atoms with van der Waals surface area (Å²) in [7, 11) is 0. The van der Waals surface area contributed by atoms with Gasteiger partial charge in [-0.25, -0.2) is 4.79 Å². The molecule has 0 saturated carbocycles. The first-order valence-corrected chi connectivity index (χ1v) is 3.85. The molecule has 0 aromatic carbocycles. The highest BCUT2D eigenvalue weighted by Crippen LogP contribution is 2.21. The monoisotopic (exact) mass is 223 g/mol. The maximum Gasteiger partial charge on any atom is 0.261 e. The van der Waals surface area contributed by atoms with E-state index in [1.54, 1.807) is 30.6 Å². The van der Waals surface area contributed by atoms with Crippen LogP contribution in [0.4, 0.5) is 5.88 Å². The third-order valence-electron chi connectivity index (χ3n) is 1.63. The maximum absolute atomic E-state index is 9.93. The van der Waals surface area contributed by atoms with Gasteiger partial charge in [0, 0.05) is 24.0 Å². The van der Waals surface area contributed by atoms with Gasteiger partial charge in [-0.3, -0.25) is 4.98 Å². The van der Waals surface area contributed by atoms with Crippen LogP contribution < -0.4 is 0 Å². The number of isocyanates is 1. The fraction of sp³-hybridized carbons (Fsp3) is 0. The Morgan fingerprint density at radius 1 is 1.33 bits per heavy atom. The molecule has 0 spiro atoms. The average molecular weight is 224 g/mol. The number of halogens is 1. The van der Waals surface area contributed by atoms with Gasteiger partial charge in [-0.05, 0) is 12.1 Å².